The Morgan fingerprint density at radius 1 is 1.19 bits per heavy atom. The molecule has 116 valence electrons. The molecule has 0 heterocycles. The van der Waals surface area contributed by atoms with Gasteiger partial charge in [-0.1, -0.05) is 0 Å². The number of hydrogen-bond acceptors (Lipinski definition) is 6. The van der Waals surface area contributed by atoms with E-state index < -0.39 is 12.3 Å². The number of carbonyl (C=O) groups is 2. The molecule has 0 unspecified atom stereocenters. The van der Waals surface area contributed by atoms with E-state index in [1.165, 1.54) is 34.3 Å². The number of carbonyl (C=O) groups excluding carboxylic acids is 2. The van der Waals surface area contributed by atoms with Gasteiger partial charge >= 0.3 is 5.97 Å². The first-order valence-electron chi connectivity index (χ1n) is 6.22. The Bertz CT molecular complexity index is 498. The molecular formula is C14H19NO6. The normalized spacial score (nSPS) is 10.3. The standard InChI is InChI=1S/C14H19NO6/c1-9(16)21-10-5-6-12(18-2)11(7-10)15-13(17)8-14(19-3)20-4/h5-7,14H,8H2,1-4H3,(H,15,17). The Balaban J connectivity index is 2.84. The second-order valence-corrected chi connectivity index (χ2v) is 4.11. The summed E-state index contributed by atoms with van der Waals surface area (Å²) in [7, 11) is 4.37. The van der Waals surface area contributed by atoms with Crippen LogP contribution in [0.15, 0.2) is 18.2 Å². The zero-order chi connectivity index (χ0) is 15.8. The van der Waals surface area contributed by atoms with Gasteiger partial charge in [0.2, 0.25) is 5.91 Å². The predicted octanol–water partition coefficient (Wildman–Crippen LogP) is 1.57. The van der Waals surface area contributed by atoms with E-state index >= 15 is 0 Å². The summed E-state index contributed by atoms with van der Waals surface area (Å²) in [6, 6.07) is 4.67. The van der Waals surface area contributed by atoms with Crippen LogP contribution in [0.1, 0.15) is 13.3 Å². The Labute approximate surface area is 123 Å². The van der Waals surface area contributed by atoms with Gasteiger partial charge in [0.05, 0.1) is 19.2 Å². The lowest BCUT2D eigenvalue weighted by molar-refractivity contribution is -0.135. The summed E-state index contributed by atoms with van der Waals surface area (Å²) in [6.45, 7) is 1.30. The van der Waals surface area contributed by atoms with E-state index in [4.69, 9.17) is 18.9 Å². The molecular weight excluding hydrogens is 278 g/mol. The maximum atomic E-state index is 11.9. The Hall–Kier alpha value is -2.12. The van der Waals surface area contributed by atoms with E-state index in [1.54, 1.807) is 12.1 Å². The molecule has 0 saturated heterocycles. The summed E-state index contributed by atoms with van der Waals surface area (Å²) < 4.78 is 20.0. The van der Waals surface area contributed by atoms with Crippen LogP contribution >= 0.6 is 0 Å². The van der Waals surface area contributed by atoms with Gasteiger partial charge in [0.25, 0.3) is 0 Å². The molecule has 0 aliphatic carbocycles. The van der Waals surface area contributed by atoms with E-state index in [0.717, 1.165) is 0 Å². The van der Waals surface area contributed by atoms with E-state index in [-0.39, 0.29) is 12.3 Å². The number of rotatable bonds is 7. The summed E-state index contributed by atoms with van der Waals surface area (Å²) >= 11 is 0. The molecule has 1 aromatic carbocycles. The first kappa shape index (κ1) is 16.9. The molecule has 0 bridgehead atoms. The summed E-state index contributed by atoms with van der Waals surface area (Å²) in [5.74, 6) is -0.00230. The molecule has 21 heavy (non-hydrogen) atoms. The van der Waals surface area contributed by atoms with Gasteiger partial charge in [-0.25, -0.2) is 0 Å². The molecule has 0 atom stereocenters. The highest BCUT2D eigenvalue weighted by molar-refractivity contribution is 5.92. The minimum atomic E-state index is -0.632. The highest BCUT2D eigenvalue weighted by Gasteiger charge is 2.15. The van der Waals surface area contributed by atoms with E-state index in [1.807, 2.05) is 0 Å². The third-order valence-corrected chi connectivity index (χ3v) is 2.58. The minimum absolute atomic E-state index is 0.0218. The van der Waals surface area contributed by atoms with Crippen LogP contribution in [0, 0.1) is 0 Å². The van der Waals surface area contributed by atoms with Gasteiger partial charge in [-0.15, -0.1) is 0 Å². The molecule has 1 aromatic rings. The van der Waals surface area contributed by atoms with Gasteiger partial charge < -0.3 is 24.3 Å². The first-order valence-corrected chi connectivity index (χ1v) is 6.22. The molecule has 0 aromatic heterocycles. The minimum Gasteiger partial charge on any atom is -0.495 e. The third kappa shape index (κ3) is 5.41. The number of amides is 1. The van der Waals surface area contributed by atoms with Crippen LogP contribution in [0.2, 0.25) is 0 Å². The van der Waals surface area contributed by atoms with Crippen LogP contribution in [0.5, 0.6) is 11.5 Å². The topological polar surface area (TPSA) is 83.1 Å². The van der Waals surface area contributed by atoms with Gasteiger partial charge in [-0.3, -0.25) is 9.59 Å². The van der Waals surface area contributed by atoms with Crippen molar-refractivity contribution >= 4 is 17.6 Å². The maximum absolute atomic E-state index is 11.9. The summed E-state index contributed by atoms with van der Waals surface area (Å²) in [4.78, 5) is 22.9. The Kier molecular flexibility index (Phi) is 6.64. The fourth-order valence-electron chi connectivity index (χ4n) is 1.63. The van der Waals surface area contributed by atoms with Gasteiger partial charge in [0.15, 0.2) is 6.29 Å². The highest BCUT2D eigenvalue weighted by Crippen LogP contribution is 2.29. The van der Waals surface area contributed by atoms with Gasteiger partial charge in [-0.2, -0.15) is 0 Å². The van der Waals surface area contributed by atoms with Crippen LogP contribution in [0.25, 0.3) is 0 Å². The zero-order valence-corrected chi connectivity index (χ0v) is 12.5. The van der Waals surface area contributed by atoms with Gasteiger partial charge in [0.1, 0.15) is 11.5 Å². The molecule has 1 rings (SSSR count). The zero-order valence-electron chi connectivity index (χ0n) is 12.5. The van der Waals surface area contributed by atoms with Gasteiger partial charge in [0, 0.05) is 27.2 Å². The van der Waals surface area contributed by atoms with Crippen molar-refractivity contribution in [2.75, 3.05) is 26.6 Å². The number of ether oxygens (including phenoxy) is 4. The van der Waals surface area contributed by atoms with Crippen LogP contribution in [0.4, 0.5) is 5.69 Å². The number of nitrogens with one attached hydrogen (secondary N) is 1. The van der Waals surface area contributed by atoms with Crippen LogP contribution in [-0.4, -0.2) is 39.5 Å². The monoisotopic (exact) mass is 297 g/mol. The van der Waals surface area contributed by atoms with Crippen molar-refractivity contribution in [3.05, 3.63) is 18.2 Å². The predicted molar refractivity (Wildman–Crippen MR) is 75.4 cm³/mol. The van der Waals surface area contributed by atoms with E-state index in [9.17, 15) is 9.59 Å². The Morgan fingerprint density at radius 3 is 2.38 bits per heavy atom. The molecule has 1 N–H and O–H groups in total. The van der Waals surface area contributed by atoms with Crippen LogP contribution < -0.4 is 14.8 Å². The van der Waals surface area contributed by atoms with Crippen LogP contribution in [-0.2, 0) is 19.1 Å². The molecule has 0 saturated carbocycles. The molecule has 0 fully saturated rings. The summed E-state index contributed by atoms with van der Waals surface area (Å²) in [5, 5.41) is 2.66. The lowest BCUT2D eigenvalue weighted by Crippen LogP contribution is -2.23. The molecule has 0 radical (unpaired) electrons. The molecule has 1 amide bonds. The van der Waals surface area contributed by atoms with Gasteiger partial charge in [-0.05, 0) is 12.1 Å². The second kappa shape index (κ2) is 8.23. The smallest absolute Gasteiger partial charge is 0.308 e. The van der Waals surface area contributed by atoms with Crippen molar-refractivity contribution in [3.8, 4) is 11.5 Å². The summed E-state index contributed by atoms with van der Waals surface area (Å²) in [5.41, 5.74) is 0.396. The fraction of sp³-hybridized carbons (Fsp3) is 0.429. The molecule has 7 heteroatoms. The molecule has 7 nitrogen and oxygen atoms in total. The molecule has 0 spiro atoms. The average molecular weight is 297 g/mol. The average Bonchev–Trinajstić information content (AvgIpc) is 2.44. The number of esters is 1. The van der Waals surface area contributed by atoms with E-state index in [0.29, 0.717) is 17.2 Å². The highest BCUT2D eigenvalue weighted by atomic mass is 16.7. The largest absolute Gasteiger partial charge is 0.495 e. The van der Waals surface area contributed by atoms with E-state index in [2.05, 4.69) is 5.32 Å². The maximum Gasteiger partial charge on any atom is 0.308 e. The van der Waals surface area contributed by atoms with Crippen molar-refractivity contribution in [2.45, 2.75) is 19.6 Å². The summed E-state index contributed by atoms with van der Waals surface area (Å²) in [6.07, 6.45) is -0.610. The lowest BCUT2D eigenvalue weighted by Gasteiger charge is -2.15. The number of methoxy groups -OCH3 is 3. The Morgan fingerprint density at radius 2 is 1.86 bits per heavy atom. The fourth-order valence-corrected chi connectivity index (χ4v) is 1.63. The number of hydrogen-bond donors (Lipinski definition) is 1. The van der Waals surface area contributed by atoms with Crippen LogP contribution in [0.3, 0.4) is 0 Å². The third-order valence-electron chi connectivity index (χ3n) is 2.58. The van der Waals surface area contributed by atoms with Crippen molar-refractivity contribution in [2.24, 2.45) is 0 Å². The lowest BCUT2D eigenvalue weighted by atomic mass is 10.2. The van der Waals surface area contributed by atoms with Crippen molar-refractivity contribution in [1.29, 1.82) is 0 Å². The van der Waals surface area contributed by atoms with Crippen molar-refractivity contribution in [1.82, 2.24) is 0 Å². The number of benzene rings is 1. The quantitative estimate of drug-likeness (QED) is 0.467. The van der Waals surface area contributed by atoms with Crippen molar-refractivity contribution < 1.29 is 28.5 Å². The first-order chi connectivity index (χ1) is 9.99. The molecule has 0 aliphatic rings. The number of anilines is 1. The second-order valence-electron chi connectivity index (χ2n) is 4.11. The van der Waals surface area contributed by atoms with Crippen molar-refractivity contribution in [3.63, 3.8) is 0 Å². The molecule has 0 aliphatic heterocycles. The SMILES string of the molecule is COc1ccc(OC(C)=O)cc1NC(=O)CC(OC)OC.